The van der Waals surface area contributed by atoms with Gasteiger partial charge in [0.25, 0.3) is 0 Å². The van der Waals surface area contributed by atoms with Crippen molar-refractivity contribution in [2.75, 3.05) is 19.0 Å². The Morgan fingerprint density at radius 2 is 2.10 bits per heavy atom. The minimum atomic E-state index is 0.00204. The minimum absolute atomic E-state index is 0.00204. The lowest BCUT2D eigenvalue weighted by atomic mass is 10.1. The van der Waals surface area contributed by atoms with E-state index in [1.807, 2.05) is 12.1 Å². The first-order valence-corrected chi connectivity index (χ1v) is 6.79. The number of aromatic nitrogens is 3. The number of ketones is 1. The largest absolute Gasteiger partial charge is 0.467 e. The van der Waals surface area contributed by atoms with Gasteiger partial charge in [-0.25, -0.2) is 0 Å². The summed E-state index contributed by atoms with van der Waals surface area (Å²) in [6.45, 7) is 4.35. The molecule has 110 valence electrons. The van der Waals surface area contributed by atoms with Crippen LogP contribution in [0.25, 0.3) is 11.4 Å². The lowest BCUT2D eigenvalue weighted by molar-refractivity contribution is 0.101. The van der Waals surface area contributed by atoms with Crippen LogP contribution in [0.1, 0.15) is 30.6 Å². The van der Waals surface area contributed by atoms with Gasteiger partial charge < -0.3 is 10.1 Å². The summed E-state index contributed by atoms with van der Waals surface area (Å²) in [6, 6.07) is 7.43. The maximum absolute atomic E-state index is 11.5. The van der Waals surface area contributed by atoms with Crippen LogP contribution in [-0.4, -0.2) is 34.4 Å². The van der Waals surface area contributed by atoms with E-state index in [-0.39, 0.29) is 11.8 Å². The zero-order chi connectivity index (χ0) is 15.2. The van der Waals surface area contributed by atoms with Gasteiger partial charge in [-0.2, -0.15) is 15.0 Å². The molecule has 0 saturated carbocycles. The number of methoxy groups -OCH3 is 1. The number of hydrogen-bond acceptors (Lipinski definition) is 6. The fourth-order valence-corrected chi connectivity index (χ4v) is 1.77. The summed E-state index contributed by atoms with van der Waals surface area (Å²) in [4.78, 5) is 24.2. The molecule has 0 aliphatic rings. The number of hydrogen-bond donors (Lipinski definition) is 1. The predicted octanol–water partition coefficient (Wildman–Crippen LogP) is 2.57. The highest BCUT2D eigenvalue weighted by atomic mass is 16.5. The van der Waals surface area contributed by atoms with E-state index in [0.29, 0.717) is 17.3 Å². The van der Waals surface area contributed by atoms with Gasteiger partial charge in [-0.15, -0.1) is 0 Å². The van der Waals surface area contributed by atoms with Gasteiger partial charge in [-0.3, -0.25) is 4.79 Å². The highest BCUT2D eigenvalue weighted by molar-refractivity contribution is 5.95. The standard InChI is InChI=1S/C15H18N4O2/c1-4-8-16-14-17-13(18-15(19-14)21-3)12-7-5-6-11(9-12)10(2)20/h5-7,9H,4,8H2,1-3H3,(H,16,17,18,19). The third-order valence-corrected chi connectivity index (χ3v) is 2.86. The van der Waals surface area contributed by atoms with Crippen LogP contribution < -0.4 is 10.1 Å². The summed E-state index contributed by atoms with van der Waals surface area (Å²) in [6.07, 6.45) is 0.961. The first kappa shape index (κ1) is 14.9. The second-order valence-corrected chi connectivity index (χ2v) is 4.53. The molecule has 0 fully saturated rings. The molecule has 1 heterocycles. The van der Waals surface area contributed by atoms with E-state index in [2.05, 4.69) is 27.2 Å². The molecular formula is C15H18N4O2. The number of anilines is 1. The van der Waals surface area contributed by atoms with E-state index < -0.39 is 0 Å². The maximum atomic E-state index is 11.5. The smallest absolute Gasteiger partial charge is 0.321 e. The van der Waals surface area contributed by atoms with Crippen molar-refractivity contribution in [3.8, 4) is 17.4 Å². The summed E-state index contributed by atoms with van der Waals surface area (Å²) in [5, 5.41) is 3.11. The number of carbonyl (C=O) groups is 1. The normalized spacial score (nSPS) is 10.2. The van der Waals surface area contributed by atoms with Gasteiger partial charge in [-0.1, -0.05) is 25.1 Å². The lowest BCUT2D eigenvalue weighted by Crippen LogP contribution is -2.07. The zero-order valence-corrected chi connectivity index (χ0v) is 12.4. The maximum Gasteiger partial charge on any atom is 0.321 e. The predicted molar refractivity (Wildman–Crippen MR) is 80.6 cm³/mol. The Bertz CT molecular complexity index is 643. The Morgan fingerprint density at radius 1 is 1.29 bits per heavy atom. The molecular weight excluding hydrogens is 268 g/mol. The van der Waals surface area contributed by atoms with E-state index in [4.69, 9.17) is 4.74 Å². The molecule has 0 amide bonds. The fourth-order valence-electron chi connectivity index (χ4n) is 1.77. The van der Waals surface area contributed by atoms with Crippen LogP contribution in [0.5, 0.6) is 6.01 Å². The average Bonchev–Trinajstić information content (AvgIpc) is 2.52. The van der Waals surface area contributed by atoms with Crippen molar-refractivity contribution in [2.24, 2.45) is 0 Å². The zero-order valence-electron chi connectivity index (χ0n) is 12.4. The first-order chi connectivity index (χ1) is 10.1. The lowest BCUT2D eigenvalue weighted by Gasteiger charge is -2.08. The van der Waals surface area contributed by atoms with Crippen molar-refractivity contribution in [1.29, 1.82) is 0 Å². The van der Waals surface area contributed by atoms with Crippen LogP contribution in [0.2, 0.25) is 0 Å². The summed E-state index contributed by atoms with van der Waals surface area (Å²) in [5.74, 6) is 0.942. The molecule has 2 rings (SSSR count). The van der Waals surface area contributed by atoms with Gasteiger partial charge in [0.2, 0.25) is 5.95 Å². The van der Waals surface area contributed by atoms with Crippen molar-refractivity contribution in [2.45, 2.75) is 20.3 Å². The van der Waals surface area contributed by atoms with Gasteiger partial charge in [0.15, 0.2) is 11.6 Å². The molecule has 1 aromatic carbocycles. The van der Waals surface area contributed by atoms with Crippen molar-refractivity contribution in [3.63, 3.8) is 0 Å². The molecule has 0 aliphatic heterocycles. The molecule has 1 N–H and O–H groups in total. The van der Waals surface area contributed by atoms with Gasteiger partial charge in [-0.05, 0) is 19.4 Å². The Balaban J connectivity index is 2.42. The van der Waals surface area contributed by atoms with Crippen LogP contribution in [0.4, 0.5) is 5.95 Å². The average molecular weight is 286 g/mol. The van der Waals surface area contributed by atoms with Gasteiger partial charge >= 0.3 is 6.01 Å². The van der Waals surface area contributed by atoms with E-state index in [1.165, 1.54) is 14.0 Å². The number of nitrogens with one attached hydrogen (secondary N) is 1. The molecule has 0 bridgehead atoms. The number of rotatable bonds is 6. The van der Waals surface area contributed by atoms with E-state index in [0.717, 1.165) is 18.5 Å². The monoisotopic (exact) mass is 286 g/mol. The van der Waals surface area contributed by atoms with Crippen molar-refractivity contribution >= 4 is 11.7 Å². The van der Waals surface area contributed by atoms with Crippen LogP contribution in [0.15, 0.2) is 24.3 Å². The summed E-state index contributed by atoms with van der Waals surface area (Å²) in [7, 11) is 1.51. The first-order valence-electron chi connectivity index (χ1n) is 6.79. The third-order valence-electron chi connectivity index (χ3n) is 2.86. The second kappa shape index (κ2) is 6.78. The quantitative estimate of drug-likeness (QED) is 0.822. The molecule has 0 unspecified atom stereocenters. The highest BCUT2D eigenvalue weighted by Crippen LogP contribution is 2.20. The Hall–Kier alpha value is -2.50. The number of nitrogens with zero attached hydrogens (tertiary/aromatic N) is 3. The van der Waals surface area contributed by atoms with Crippen LogP contribution in [0, 0.1) is 0 Å². The van der Waals surface area contributed by atoms with E-state index in [9.17, 15) is 4.79 Å². The molecule has 0 aliphatic carbocycles. The third kappa shape index (κ3) is 3.75. The Labute approximate surface area is 123 Å². The number of Topliss-reactive ketones (excluding diaryl/α,β-unsaturated/α-hetero) is 1. The molecule has 0 saturated heterocycles. The van der Waals surface area contributed by atoms with Crippen LogP contribution in [-0.2, 0) is 0 Å². The molecule has 0 spiro atoms. The fraction of sp³-hybridized carbons (Fsp3) is 0.333. The molecule has 6 nitrogen and oxygen atoms in total. The summed E-state index contributed by atoms with van der Waals surface area (Å²) >= 11 is 0. The molecule has 6 heteroatoms. The summed E-state index contributed by atoms with van der Waals surface area (Å²) in [5.41, 5.74) is 1.37. The molecule has 0 radical (unpaired) electrons. The number of ether oxygens (including phenoxy) is 1. The van der Waals surface area contributed by atoms with Crippen LogP contribution >= 0.6 is 0 Å². The number of benzene rings is 1. The van der Waals surface area contributed by atoms with Crippen LogP contribution in [0.3, 0.4) is 0 Å². The van der Waals surface area contributed by atoms with Crippen molar-refractivity contribution < 1.29 is 9.53 Å². The van der Waals surface area contributed by atoms with Gasteiger partial charge in [0.1, 0.15) is 0 Å². The Morgan fingerprint density at radius 3 is 2.76 bits per heavy atom. The SMILES string of the molecule is CCCNc1nc(OC)nc(-c2cccc(C(C)=O)c2)n1. The van der Waals surface area contributed by atoms with Crippen molar-refractivity contribution in [1.82, 2.24) is 15.0 Å². The van der Waals surface area contributed by atoms with Gasteiger partial charge in [0, 0.05) is 17.7 Å². The van der Waals surface area contributed by atoms with Crippen molar-refractivity contribution in [3.05, 3.63) is 29.8 Å². The van der Waals surface area contributed by atoms with E-state index >= 15 is 0 Å². The molecule has 0 atom stereocenters. The molecule has 21 heavy (non-hydrogen) atoms. The minimum Gasteiger partial charge on any atom is -0.467 e. The second-order valence-electron chi connectivity index (χ2n) is 4.53. The topological polar surface area (TPSA) is 77.0 Å². The number of carbonyl (C=O) groups excluding carboxylic acids is 1. The molecule has 2 aromatic rings. The van der Waals surface area contributed by atoms with Gasteiger partial charge in [0.05, 0.1) is 7.11 Å². The Kier molecular flexibility index (Phi) is 4.81. The summed E-state index contributed by atoms with van der Waals surface area (Å²) < 4.78 is 5.11. The highest BCUT2D eigenvalue weighted by Gasteiger charge is 2.10. The van der Waals surface area contributed by atoms with E-state index in [1.54, 1.807) is 12.1 Å². The molecule has 1 aromatic heterocycles.